The van der Waals surface area contributed by atoms with E-state index < -0.39 is 0 Å². The second-order valence-corrected chi connectivity index (χ2v) is 4.27. The SMILES string of the molecule is O=C1NCCCCCC12CCNC2. The Morgan fingerprint density at radius 3 is 2.77 bits per heavy atom. The lowest BCUT2D eigenvalue weighted by atomic mass is 9.80. The van der Waals surface area contributed by atoms with Gasteiger partial charge in [0.05, 0.1) is 5.41 Å². The van der Waals surface area contributed by atoms with Crippen molar-refractivity contribution in [3.05, 3.63) is 0 Å². The zero-order chi connectivity index (χ0) is 9.15. The van der Waals surface area contributed by atoms with Gasteiger partial charge in [-0.3, -0.25) is 4.79 Å². The Kier molecular flexibility index (Phi) is 2.54. The fraction of sp³-hybridized carbons (Fsp3) is 0.900. The Bertz CT molecular complexity index is 197. The van der Waals surface area contributed by atoms with Crippen LogP contribution in [0.3, 0.4) is 0 Å². The lowest BCUT2D eigenvalue weighted by Gasteiger charge is -2.28. The molecule has 2 rings (SSSR count). The molecule has 2 N–H and O–H groups in total. The summed E-state index contributed by atoms with van der Waals surface area (Å²) in [5.74, 6) is 0.289. The van der Waals surface area contributed by atoms with Crippen LogP contribution >= 0.6 is 0 Å². The van der Waals surface area contributed by atoms with Gasteiger partial charge in [-0.1, -0.05) is 12.8 Å². The predicted octanol–water partition coefficient (Wildman–Crippen LogP) is 0.656. The summed E-state index contributed by atoms with van der Waals surface area (Å²) < 4.78 is 0. The second kappa shape index (κ2) is 3.66. The minimum absolute atomic E-state index is 0.0551. The summed E-state index contributed by atoms with van der Waals surface area (Å²) in [6, 6.07) is 0. The summed E-state index contributed by atoms with van der Waals surface area (Å²) in [4.78, 5) is 11.8. The van der Waals surface area contributed by atoms with Gasteiger partial charge in [-0.15, -0.1) is 0 Å². The highest BCUT2D eigenvalue weighted by atomic mass is 16.2. The normalized spacial score (nSPS) is 35.5. The molecular formula is C10H18N2O. The fourth-order valence-corrected chi connectivity index (χ4v) is 2.42. The zero-order valence-corrected chi connectivity index (χ0v) is 8.07. The van der Waals surface area contributed by atoms with E-state index in [4.69, 9.17) is 0 Å². The summed E-state index contributed by atoms with van der Waals surface area (Å²) >= 11 is 0. The van der Waals surface area contributed by atoms with Crippen LogP contribution in [0.5, 0.6) is 0 Å². The first-order chi connectivity index (χ1) is 6.33. The maximum absolute atomic E-state index is 11.8. The van der Waals surface area contributed by atoms with Gasteiger partial charge >= 0.3 is 0 Å². The fourth-order valence-electron chi connectivity index (χ4n) is 2.42. The van der Waals surface area contributed by atoms with E-state index in [0.717, 1.165) is 38.9 Å². The predicted molar refractivity (Wildman–Crippen MR) is 51.4 cm³/mol. The summed E-state index contributed by atoms with van der Waals surface area (Å²) in [6.45, 7) is 2.77. The van der Waals surface area contributed by atoms with Crippen LogP contribution in [0.4, 0.5) is 0 Å². The standard InChI is InChI=1S/C10H18N2O/c13-9-10(5-7-11-8-10)4-2-1-3-6-12-9/h11H,1-8H2,(H,12,13). The van der Waals surface area contributed by atoms with E-state index in [0.29, 0.717) is 0 Å². The maximum atomic E-state index is 11.8. The second-order valence-electron chi connectivity index (χ2n) is 4.27. The molecule has 2 fully saturated rings. The molecule has 1 atom stereocenters. The molecule has 13 heavy (non-hydrogen) atoms. The Morgan fingerprint density at radius 2 is 2.00 bits per heavy atom. The van der Waals surface area contributed by atoms with Crippen molar-refractivity contribution in [1.82, 2.24) is 10.6 Å². The smallest absolute Gasteiger partial charge is 0.227 e. The quantitative estimate of drug-likeness (QED) is 0.577. The van der Waals surface area contributed by atoms with Crippen molar-refractivity contribution in [2.75, 3.05) is 19.6 Å². The average Bonchev–Trinajstić information content (AvgIpc) is 2.58. The highest BCUT2D eigenvalue weighted by Crippen LogP contribution is 2.32. The first kappa shape index (κ1) is 9.00. The highest BCUT2D eigenvalue weighted by molar-refractivity contribution is 5.83. The van der Waals surface area contributed by atoms with Crippen molar-refractivity contribution in [1.29, 1.82) is 0 Å². The van der Waals surface area contributed by atoms with Crippen LogP contribution in [0.1, 0.15) is 32.1 Å². The highest BCUT2D eigenvalue weighted by Gasteiger charge is 2.40. The number of amides is 1. The molecule has 1 spiro atoms. The Morgan fingerprint density at radius 1 is 1.08 bits per heavy atom. The monoisotopic (exact) mass is 182 g/mol. The molecule has 0 aromatic carbocycles. The molecular weight excluding hydrogens is 164 g/mol. The largest absolute Gasteiger partial charge is 0.356 e. The van der Waals surface area contributed by atoms with E-state index in [1.165, 1.54) is 12.8 Å². The Balaban J connectivity index is 2.07. The van der Waals surface area contributed by atoms with Gasteiger partial charge in [0.2, 0.25) is 5.91 Å². The third-order valence-electron chi connectivity index (χ3n) is 3.34. The van der Waals surface area contributed by atoms with E-state index in [9.17, 15) is 4.79 Å². The van der Waals surface area contributed by atoms with Crippen molar-refractivity contribution in [3.8, 4) is 0 Å². The van der Waals surface area contributed by atoms with Crippen molar-refractivity contribution in [2.24, 2.45) is 5.41 Å². The molecule has 0 radical (unpaired) electrons. The molecule has 1 amide bonds. The van der Waals surface area contributed by atoms with Gasteiger partial charge in [-0.25, -0.2) is 0 Å². The van der Waals surface area contributed by atoms with E-state index in [2.05, 4.69) is 10.6 Å². The average molecular weight is 182 g/mol. The van der Waals surface area contributed by atoms with Crippen LogP contribution in [0, 0.1) is 5.41 Å². The van der Waals surface area contributed by atoms with Crippen molar-refractivity contribution >= 4 is 5.91 Å². The Labute approximate surface area is 79.3 Å². The van der Waals surface area contributed by atoms with Crippen LogP contribution in [0.2, 0.25) is 0 Å². The van der Waals surface area contributed by atoms with Crippen LogP contribution in [0.15, 0.2) is 0 Å². The molecule has 74 valence electrons. The van der Waals surface area contributed by atoms with Gasteiger partial charge in [-0.2, -0.15) is 0 Å². The molecule has 0 bridgehead atoms. The van der Waals surface area contributed by atoms with Crippen LogP contribution < -0.4 is 10.6 Å². The molecule has 0 aliphatic carbocycles. The summed E-state index contributed by atoms with van der Waals surface area (Å²) in [7, 11) is 0. The first-order valence-electron chi connectivity index (χ1n) is 5.33. The molecule has 0 aromatic rings. The van der Waals surface area contributed by atoms with Gasteiger partial charge in [0, 0.05) is 13.1 Å². The van der Waals surface area contributed by atoms with E-state index in [-0.39, 0.29) is 11.3 Å². The third kappa shape index (κ3) is 1.70. The van der Waals surface area contributed by atoms with Gasteiger partial charge in [0.15, 0.2) is 0 Å². The molecule has 0 aromatic heterocycles. The van der Waals surface area contributed by atoms with Gasteiger partial charge in [0.25, 0.3) is 0 Å². The van der Waals surface area contributed by atoms with Crippen molar-refractivity contribution in [2.45, 2.75) is 32.1 Å². The number of hydrogen-bond acceptors (Lipinski definition) is 2. The first-order valence-corrected chi connectivity index (χ1v) is 5.33. The third-order valence-corrected chi connectivity index (χ3v) is 3.34. The van der Waals surface area contributed by atoms with E-state index in [1.54, 1.807) is 0 Å². The van der Waals surface area contributed by atoms with Crippen LogP contribution in [0.25, 0.3) is 0 Å². The van der Waals surface area contributed by atoms with E-state index >= 15 is 0 Å². The lowest BCUT2D eigenvalue weighted by molar-refractivity contribution is -0.130. The molecule has 1 unspecified atom stereocenters. The van der Waals surface area contributed by atoms with Gasteiger partial charge < -0.3 is 10.6 Å². The van der Waals surface area contributed by atoms with Crippen molar-refractivity contribution in [3.63, 3.8) is 0 Å². The summed E-state index contributed by atoms with van der Waals surface area (Å²) in [5.41, 5.74) is -0.0551. The number of hydrogen-bond donors (Lipinski definition) is 2. The molecule has 2 aliphatic rings. The van der Waals surface area contributed by atoms with Crippen LogP contribution in [-0.2, 0) is 4.79 Å². The molecule has 2 aliphatic heterocycles. The van der Waals surface area contributed by atoms with Gasteiger partial charge in [0.1, 0.15) is 0 Å². The number of carbonyl (C=O) groups excluding carboxylic acids is 1. The molecule has 0 saturated carbocycles. The minimum Gasteiger partial charge on any atom is -0.356 e. The lowest BCUT2D eigenvalue weighted by Crippen LogP contribution is -2.43. The zero-order valence-electron chi connectivity index (χ0n) is 8.07. The Hall–Kier alpha value is -0.570. The molecule has 3 nitrogen and oxygen atoms in total. The maximum Gasteiger partial charge on any atom is 0.227 e. The summed E-state index contributed by atoms with van der Waals surface area (Å²) in [5, 5.41) is 6.34. The molecule has 2 heterocycles. The molecule has 2 saturated heterocycles. The van der Waals surface area contributed by atoms with Gasteiger partial charge in [-0.05, 0) is 25.8 Å². The van der Waals surface area contributed by atoms with Crippen LogP contribution in [-0.4, -0.2) is 25.5 Å². The van der Waals surface area contributed by atoms with E-state index in [1.807, 2.05) is 0 Å². The number of rotatable bonds is 0. The minimum atomic E-state index is -0.0551. The summed E-state index contributed by atoms with van der Waals surface area (Å²) in [6.07, 6.45) is 5.73. The molecule has 3 heteroatoms. The number of nitrogens with one attached hydrogen (secondary N) is 2. The van der Waals surface area contributed by atoms with Crippen molar-refractivity contribution < 1.29 is 4.79 Å². The number of carbonyl (C=O) groups is 1. The topological polar surface area (TPSA) is 41.1 Å².